The van der Waals surface area contributed by atoms with Gasteiger partial charge in [-0.3, -0.25) is 0 Å². The Hall–Kier alpha value is -0.890. The lowest BCUT2D eigenvalue weighted by molar-refractivity contribution is 1.53. The molecule has 1 aromatic heterocycles. The van der Waals surface area contributed by atoms with E-state index in [4.69, 9.17) is 0 Å². The average molecular weight is 151 g/mol. The van der Waals surface area contributed by atoms with Crippen LogP contribution >= 0.6 is 11.5 Å². The Morgan fingerprint density at radius 1 is 1.70 bits per heavy atom. The fourth-order valence-electron chi connectivity index (χ4n) is 0.728. The summed E-state index contributed by atoms with van der Waals surface area (Å²) in [5.74, 6) is 0. The van der Waals surface area contributed by atoms with Crippen molar-refractivity contribution in [3.63, 3.8) is 0 Å². The van der Waals surface area contributed by atoms with Crippen molar-refractivity contribution in [2.45, 2.75) is 6.92 Å². The van der Waals surface area contributed by atoms with E-state index in [0.29, 0.717) is 0 Å². The van der Waals surface area contributed by atoms with Crippen LogP contribution in [0.1, 0.15) is 6.92 Å². The second-order valence-corrected chi connectivity index (χ2v) is 2.67. The van der Waals surface area contributed by atoms with E-state index >= 15 is 0 Å². The van der Waals surface area contributed by atoms with E-state index in [0.717, 1.165) is 5.22 Å². The first-order chi connectivity index (χ1) is 4.88. The van der Waals surface area contributed by atoms with Gasteiger partial charge in [0.1, 0.15) is 0 Å². The molecule has 0 saturated carbocycles. The Labute approximate surface area is 64.2 Å². The lowest BCUT2D eigenvalue weighted by atomic mass is 10.4. The van der Waals surface area contributed by atoms with Crippen LogP contribution in [-0.2, 0) is 0 Å². The molecule has 1 rings (SSSR count). The van der Waals surface area contributed by atoms with Crippen molar-refractivity contribution in [2.75, 3.05) is 0 Å². The molecule has 2 heteroatoms. The lowest BCUT2D eigenvalue weighted by Gasteiger charge is -1.70. The molecule has 52 valence electrons. The number of nitrogens with zero attached hydrogens (tertiary/aromatic N) is 1. The fraction of sp³-hybridized carbons (Fsp3) is 0.125. The third-order valence-corrected chi connectivity index (χ3v) is 2.07. The number of rotatable bonds is 1. The summed E-state index contributed by atoms with van der Waals surface area (Å²) in [4.78, 5) is 0. The van der Waals surface area contributed by atoms with Crippen molar-refractivity contribution in [3.8, 4) is 0 Å². The van der Waals surface area contributed by atoms with Crippen molar-refractivity contribution >= 4 is 23.7 Å². The van der Waals surface area contributed by atoms with E-state index in [1.165, 1.54) is 16.1 Å². The number of hydrogen-bond acceptors (Lipinski definition) is 2. The van der Waals surface area contributed by atoms with Crippen molar-refractivity contribution in [2.24, 2.45) is 0 Å². The summed E-state index contributed by atoms with van der Waals surface area (Å²) < 4.78 is 5.25. The van der Waals surface area contributed by atoms with Crippen LogP contribution in [0, 0.1) is 0 Å². The highest BCUT2D eigenvalue weighted by molar-refractivity contribution is 7.03. The molecule has 0 spiro atoms. The maximum Gasteiger partial charge on any atom is 0.0507 e. The summed E-state index contributed by atoms with van der Waals surface area (Å²) in [5, 5.41) is 1.16. The molecule has 1 heterocycles. The van der Waals surface area contributed by atoms with Gasteiger partial charge in [0, 0.05) is 11.4 Å². The SMILES string of the molecule is C=C/C=c1/cns/c1=C/C. The predicted octanol–water partition coefficient (Wildman–Crippen LogP) is 0.910. The van der Waals surface area contributed by atoms with Crippen LogP contribution in [0.5, 0.6) is 0 Å². The van der Waals surface area contributed by atoms with E-state index < -0.39 is 0 Å². The maximum absolute atomic E-state index is 4.04. The molecular weight excluding hydrogens is 142 g/mol. The third kappa shape index (κ3) is 1.33. The molecule has 0 unspecified atom stereocenters. The summed E-state index contributed by atoms with van der Waals surface area (Å²) in [5.41, 5.74) is 0. The van der Waals surface area contributed by atoms with Crippen LogP contribution in [0.2, 0.25) is 0 Å². The average Bonchev–Trinajstić information content (AvgIpc) is 2.36. The zero-order valence-electron chi connectivity index (χ0n) is 5.87. The van der Waals surface area contributed by atoms with Gasteiger partial charge in [-0.15, -0.1) is 0 Å². The molecule has 0 aliphatic rings. The summed E-state index contributed by atoms with van der Waals surface area (Å²) in [6.07, 6.45) is 7.63. The fourth-order valence-corrected chi connectivity index (χ4v) is 1.34. The molecule has 0 radical (unpaired) electrons. The second kappa shape index (κ2) is 3.32. The van der Waals surface area contributed by atoms with Gasteiger partial charge in [0.05, 0.1) is 4.53 Å². The predicted molar refractivity (Wildman–Crippen MR) is 46.2 cm³/mol. The van der Waals surface area contributed by atoms with Crippen molar-refractivity contribution in [1.82, 2.24) is 4.37 Å². The second-order valence-electron chi connectivity index (χ2n) is 1.84. The quantitative estimate of drug-likeness (QED) is 0.581. The highest BCUT2D eigenvalue weighted by atomic mass is 32.1. The summed E-state index contributed by atoms with van der Waals surface area (Å²) in [7, 11) is 0. The first-order valence-electron chi connectivity index (χ1n) is 3.08. The van der Waals surface area contributed by atoms with Gasteiger partial charge >= 0.3 is 0 Å². The smallest absolute Gasteiger partial charge is 0.0507 e. The van der Waals surface area contributed by atoms with E-state index in [2.05, 4.69) is 11.0 Å². The molecule has 0 saturated heterocycles. The normalized spacial score (nSPS) is 14.1. The van der Waals surface area contributed by atoms with Gasteiger partial charge in [-0.05, 0) is 18.5 Å². The van der Waals surface area contributed by atoms with Gasteiger partial charge in [0.25, 0.3) is 0 Å². The van der Waals surface area contributed by atoms with Gasteiger partial charge in [-0.2, -0.15) is 4.37 Å². The van der Waals surface area contributed by atoms with Crippen LogP contribution in [0.3, 0.4) is 0 Å². The van der Waals surface area contributed by atoms with Crippen molar-refractivity contribution < 1.29 is 0 Å². The monoisotopic (exact) mass is 151 g/mol. The molecule has 0 aromatic carbocycles. The molecule has 10 heavy (non-hydrogen) atoms. The van der Waals surface area contributed by atoms with Crippen LogP contribution in [-0.4, -0.2) is 4.37 Å². The molecule has 1 nitrogen and oxygen atoms in total. The Kier molecular flexibility index (Phi) is 2.40. The van der Waals surface area contributed by atoms with Crippen LogP contribution in [0.15, 0.2) is 18.9 Å². The molecule has 0 aliphatic heterocycles. The largest absolute Gasteiger partial charge is 0.200 e. The number of hydrogen-bond donors (Lipinski definition) is 0. The van der Waals surface area contributed by atoms with E-state index in [1.807, 2.05) is 25.3 Å². The molecule has 0 amide bonds. The first kappa shape index (κ1) is 7.22. The van der Waals surface area contributed by atoms with Crippen molar-refractivity contribution in [3.05, 3.63) is 28.6 Å². The van der Waals surface area contributed by atoms with Gasteiger partial charge in [0.15, 0.2) is 0 Å². The van der Waals surface area contributed by atoms with Gasteiger partial charge in [-0.25, -0.2) is 0 Å². The standard InChI is InChI=1S/C8H9NS/c1-3-5-7-6-9-10-8(7)4-2/h3-6H,1H2,2H3/b7-5-,8-4+. The van der Waals surface area contributed by atoms with E-state index in [1.54, 1.807) is 6.08 Å². The van der Waals surface area contributed by atoms with Gasteiger partial charge in [-0.1, -0.05) is 24.8 Å². The molecule has 1 aromatic rings. The Balaban J connectivity index is 3.41. The highest BCUT2D eigenvalue weighted by Crippen LogP contribution is 1.73. The Morgan fingerprint density at radius 3 is 3.10 bits per heavy atom. The molecule has 0 bridgehead atoms. The maximum atomic E-state index is 4.04. The molecule has 0 fully saturated rings. The van der Waals surface area contributed by atoms with E-state index in [-0.39, 0.29) is 0 Å². The summed E-state index contributed by atoms with van der Waals surface area (Å²) >= 11 is 1.50. The summed E-state index contributed by atoms with van der Waals surface area (Å²) in [6.45, 7) is 5.63. The zero-order chi connectivity index (χ0) is 7.40. The van der Waals surface area contributed by atoms with E-state index in [9.17, 15) is 0 Å². The third-order valence-electron chi connectivity index (χ3n) is 1.19. The molecule has 0 atom stereocenters. The first-order valence-corrected chi connectivity index (χ1v) is 3.85. The van der Waals surface area contributed by atoms with Crippen LogP contribution in [0.4, 0.5) is 0 Å². The molecule has 0 aliphatic carbocycles. The molecule has 0 N–H and O–H groups in total. The molecular formula is C8H9NS. The minimum atomic E-state index is 1.16. The topological polar surface area (TPSA) is 12.9 Å². The van der Waals surface area contributed by atoms with Gasteiger partial charge in [0.2, 0.25) is 0 Å². The van der Waals surface area contributed by atoms with Crippen LogP contribution < -0.4 is 9.75 Å². The number of aromatic nitrogens is 1. The van der Waals surface area contributed by atoms with Crippen LogP contribution in [0.25, 0.3) is 12.2 Å². The Bertz CT molecular complexity index is 321. The Morgan fingerprint density at radius 2 is 2.50 bits per heavy atom. The minimum absolute atomic E-state index is 1.16. The number of allylic oxidation sites excluding steroid dienone is 1. The highest BCUT2D eigenvalue weighted by Gasteiger charge is 1.82. The lowest BCUT2D eigenvalue weighted by Crippen LogP contribution is -2.15. The van der Waals surface area contributed by atoms with Gasteiger partial charge < -0.3 is 0 Å². The summed E-state index contributed by atoms with van der Waals surface area (Å²) in [6, 6.07) is 0. The zero-order valence-corrected chi connectivity index (χ0v) is 6.69. The minimum Gasteiger partial charge on any atom is -0.200 e. The van der Waals surface area contributed by atoms with Crippen molar-refractivity contribution in [1.29, 1.82) is 0 Å².